The van der Waals surface area contributed by atoms with Crippen molar-refractivity contribution in [3.05, 3.63) is 48.5 Å². The summed E-state index contributed by atoms with van der Waals surface area (Å²) < 4.78 is 5.94. The van der Waals surface area contributed by atoms with Crippen molar-refractivity contribution in [1.82, 2.24) is 5.32 Å². The number of para-hydroxylation sites is 1. The van der Waals surface area contributed by atoms with Gasteiger partial charge in [0.2, 0.25) is 5.91 Å². The maximum Gasteiger partial charge on any atom is 0.231 e. The highest BCUT2D eigenvalue weighted by molar-refractivity contribution is 5.98. The van der Waals surface area contributed by atoms with Crippen molar-refractivity contribution in [2.45, 2.75) is 6.42 Å². The minimum atomic E-state index is 0.0846. The van der Waals surface area contributed by atoms with Crippen LogP contribution in [-0.4, -0.2) is 32.1 Å². The molecule has 0 radical (unpaired) electrons. The Kier molecular flexibility index (Phi) is 3.75. The van der Waals surface area contributed by atoms with Gasteiger partial charge in [-0.2, -0.15) is 0 Å². The molecule has 0 aromatic heterocycles. The fourth-order valence-corrected chi connectivity index (χ4v) is 3.41. The SMILES string of the molecule is O=C([C@@H]1CCNC1)N1CCOc2c(-c3ccccc3)cccc21. The normalized spacial score (nSPS) is 20.0. The zero-order chi connectivity index (χ0) is 15.6. The summed E-state index contributed by atoms with van der Waals surface area (Å²) >= 11 is 0. The van der Waals surface area contributed by atoms with E-state index in [4.69, 9.17) is 4.74 Å². The van der Waals surface area contributed by atoms with Gasteiger partial charge in [-0.25, -0.2) is 0 Å². The van der Waals surface area contributed by atoms with Gasteiger partial charge in [-0.1, -0.05) is 42.5 Å². The third-order valence-corrected chi connectivity index (χ3v) is 4.61. The van der Waals surface area contributed by atoms with Crippen LogP contribution < -0.4 is 15.0 Å². The van der Waals surface area contributed by atoms with E-state index in [1.54, 1.807) is 0 Å². The minimum Gasteiger partial charge on any atom is -0.489 e. The third kappa shape index (κ3) is 2.59. The first kappa shape index (κ1) is 14.3. The Morgan fingerprint density at radius 3 is 2.78 bits per heavy atom. The molecule has 0 spiro atoms. The first-order valence-electron chi connectivity index (χ1n) is 8.18. The Hall–Kier alpha value is -2.33. The molecule has 1 amide bonds. The summed E-state index contributed by atoms with van der Waals surface area (Å²) in [4.78, 5) is 14.7. The molecule has 0 aliphatic carbocycles. The van der Waals surface area contributed by atoms with Gasteiger partial charge in [0.15, 0.2) is 5.75 Å². The van der Waals surface area contributed by atoms with E-state index in [0.29, 0.717) is 13.2 Å². The summed E-state index contributed by atoms with van der Waals surface area (Å²) in [6.07, 6.45) is 0.921. The Bertz CT molecular complexity index is 709. The predicted octanol–water partition coefficient (Wildman–Crippen LogP) is 2.69. The Morgan fingerprint density at radius 1 is 1.13 bits per heavy atom. The van der Waals surface area contributed by atoms with E-state index in [-0.39, 0.29) is 11.8 Å². The molecule has 4 heteroatoms. The lowest BCUT2D eigenvalue weighted by atomic mass is 10.0. The molecule has 4 nitrogen and oxygen atoms in total. The van der Waals surface area contributed by atoms with Crippen LogP contribution in [0.2, 0.25) is 0 Å². The first-order chi connectivity index (χ1) is 11.3. The molecule has 2 aliphatic heterocycles. The van der Waals surface area contributed by atoms with Crippen molar-refractivity contribution in [3.8, 4) is 16.9 Å². The third-order valence-electron chi connectivity index (χ3n) is 4.61. The highest BCUT2D eigenvalue weighted by Gasteiger charge is 2.32. The topological polar surface area (TPSA) is 41.6 Å². The quantitative estimate of drug-likeness (QED) is 0.927. The van der Waals surface area contributed by atoms with E-state index >= 15 is 0 Å². The lowest BCUT2D eigenvalue weighted by Crippen LogP contribution is -2.42. The number of nitrogens with zero attached hydrogens (tertiary/aromatic N) is 1. The van der Waals surface area contributed by atoms with Crippen molar-refractivity contribution in [2.75, 3.05) is 31.1 Å². The summed E-state index contributed by atoms with van der Waals surface area (Å²) in [6.45, 7) is 2.88. The highest BCUT2D eigenvalue weighted by atomic mass is 16.5. The van der Waals surface area contributed by atoms with Crippen LogP contribution in [0.4, 0.5) is 5.69 Å². The van der Waals surface area contributed by atoms with Crippen molar-refractivity contribution in [3.63, 3.8) is 0 Å². The summed E-state index contributed by atoms with van der Waals surface area (Å²) in [6, 6.07) is 16.2. The monoisotopic (exact) mass is 308 g/mol. The molecule has 23 heavy (non-hydrogen) atoms. The van der Waals surface area contributed by atoms with Gasteiger partial charge in [0.25, 0.3) is 0 Å². The summed E-state index contributed by atoms with van der Waals surface area (Å²) in [5.41, 5.74) is 3.06. The molecule has 2 aliphatic rings. The second-order valence-corrected chi connectivity index (χ2v) is 6.05. The van der Waals surface area contributed by atoms with Gasteiger partial charge in [-0.15, -0.1) is 0 Å². The Labute approximate surface area is 136 Å². The summed E-state index contributed by atoms with van der Waals surface area (Å²) in [7, 11) is 0. The van der Waals surface area contributed by atoms with E-state index in [2.05, 4.69) is 23.5 Å². The number of benzene rings is 2. The zero-order valence-electron chi connectivity index (χ0n) is 13.0. The van der Waals surface area contributed by atoms with E-state index in [9.17, 15) is 4.79 Å². The molecule has 1 N–H and O–H groups in total. The lowest BCUT2D eigenvalue weighted by molar-refractivity contribution is -0.122. The second kappa shape index (κ2) is 6.05. The lowest BCUT2D eigenvalue weighted by Gasteiger charge is -2.32. The molecule has 2 aromatic carbocycles. The van der Waals surface area contributed by atoms with Crippen molar-refractivity contribution < 1.29 is 9.53 Å². The molecular weight excluding hydrogens is 288 g/mol. The number of ether oxygens (including phenoxy) is 1. The highest BCUT2D eigenvalue weighted by Crippen LogP contribution is 2.41. The average Bonchev–Trinajstić information content (AvgIpc) is 3.15. The molecular formula is C19H20N2O2. The van der Waals surface area contributed by atoms with Gasteiger partial charge >= 0.3 is 0 Å². The number of fused-ring (bicyclic) bond motifs is 1. The molecule has 118 valence electrons. The summed E-state index contributed by atoms with van der Waals surface area (Å²) in [5, 5.41) is 3.27. The van der Waals surface area contributed by atoms with Crippen LogP contribution in [0.3, 0.4) is 0 Å². The van der Waals surface area contributed by atoms with Gasteiger partial charge in [-0.05, 0) is 24.6 Å². The fraction of sp³-hybridized carbons (Fsp3) is 0.316. The molecule has 4 rings (SSSR count). The van der Waals surface area contributed by atoms with E-state index in [1.807, 2.05) is 35.2 Å². The average molecular weight is 308 g/mol. The van der Waals surface area contributed by atoms with Gasteiger partial charge in [0.05, 0.1) is 18.2 Å². The van der Waals surface area contributed by atoms with E-state index < -0.39 is 0 Å². The van der Waals surface area contributed by atoms with Gasteiger partial charge < -0.3 is 15.0 Å². The number of amides is 1. The first-order valence-corrected chi connectivity index (χ1v) is 8.18. The number of carbonyl (C=O) groups is 1. The number of carbonyl (C=O) groups excluding carboxylic acids is 1. The van der Waals surface area contributed by atoms with Crippen LogP contribution in [-0.2, 0) is 4.79 Å². The Balaban J connectivity index is 1.73. The largest absolute Gasteiger partial charge is 0.489 e. The molecule has 0 bridgehead atoms. The molecule has 0 unspecified atom stereocenters. The van der Waals surface area contributed by atoms with Gasteiger partial charge in [0, 0.05) is 12.1 Å². The minimum absolute atomic E-state index is 0.0846. The maximum atomic E-state index is 12.8. The van der Waals surface area contributed by atoms with Crippen LogP contribution in [0.1, 0.15) is 6.42 Å². The standard InChI is InChI=1S/C19H20N2O2/c22-19(15-9-10-20-13-15)21-11-12-23-18-16(7-4-8-17(18)21)14-5-2-1-3-6-14/h1-8,15,20H,9-13H2/t15-/m1/s1. The van der Waals surface area contributed by atoms with Crippen LogP contribution in [0.5, 0.6) is 5.75 Å². The van der Waals surface area contributed by atoms with Crippen LogP contribution >= 0.6 is 0 Å². The van der Waals surface area contributed by atoms with Crippen LogP contribution in [0, 0.1) is 5.92 Å². The molecule has 1 atom stereocenters. The van der Waals surface area contributed by atoms with Crippen LogP contribution in [0.15, 0.2) is 48.5 Å². The van der Waals surface area contributed by atoms with Crippen molar-refractivity contribution in [1.29, 1.82) is 0 Å². The number of hydrogen-bond acceptors (Lipinski definition) is 3. The number of rotatable bonds is 2. The molecule has 0 saturated carbocycles. The van der Waals surface area contributed by atoms with Gasteiger partial charge in [-0.3, -0.25) is 4.79 Å². The number of nitrogens with one attached hydrogen (secondary N) is 1. The Morgan fingerprint density at radius 2 is 2.00 bits per heavy atom. The second-order valence-electron chi connectivity index (χ2n) is 6.05. The van der Waals surface area contributed by atoms with Crippen LogP contribution in [0.25, 0.3) is 11.1 Å². The molecule has 1 saturated heterocycles. The van der Waals surface area contributed by atoms with E-state index in [0.717, 1.165) is 42.1 Å². The molecule has 1 fully saturated rings. The van der Waals surface area contributed by atoms with Crippen molar-refractivity contribution in [2.24, 2.45) is 5.92 Å². The van der Waals surface area contributed by atoms with Gasteiger partial charge in [0.1, 0.15) is 6.61 Å². The maximum absolute atomic E-state index is 12.8. The molecule has 2 aromatic rings. The summed E-state index contributed by atoms with van der Waals surface area (Å²) in [5.74, 6) is 1.12. The number of hydrogen-bond donors (Lipinski definition) is 1. The predicted molar refractivity (Wildman–Crippen MR) is 90.7 cm³/mol. The molecule has 2 heterocycles. The number of anilines is 1. The fourth-order valence-electron chi connectivity index (χ4n) is 3.41. The smallest absolute Gasteiger partial charge is 0.231 e. The van der Waals surface area contributed by atoms with Crippen molar-refractivity contribution >= 4 is 11.6 Å². The van der Waals surface area contributed by atoms with E-state index in [1.165, 1.54) is 0 Å². The zero-order valence-corrected chi connectivity index (χ0v) is 13.0.